The van der Waals surface area contributed by atoms with Gasteiger partial charge in [-0.1, -0.05) is 11.8 Å². The third kappa shape index (κ3) is 3.47. The van der Waals surface area contributed by atoms with Gasteiger partial charge in [0, 0.05) is 6.54 Å². The fraction of sp³-hybridized carbons (Fsp3) is 0.375. The minimum absolute atomic E-state index is 0.173. The van der Waals surface area contributed by atoms with Crippen molar-refractivity contribution in [2.45, 2.75) is 6.10 Å². The van der Waals surface area contributed by atoms with Crippen LogP contribution in [0.1, 0.15) is 0 Å². The Hall–Kier alpha value is -2.66. The number of benzene rings is 1. The molecule has 0 radical (unpaired) electrons. The summed E-state index contributed by atoms with van der Waals surface area (Å²) in [7, 11) is 0. The van der Waals surface area contributed by atoms with Gasteiger partial charge in [-0.3, -0.25) is 9.69 Å². The molecule has 1 atom stereocenters. The summed E-state index contributed by atoms with van der Waals surface area (Å²) in [5.74, 6) is -0.370. The van der Waals surface area contributed by atoms with E-state index in [0.717, 1.165) is 0 Å². The molecule has 0 spiro atoms. The zero-order valence-corrected chi connectivity index (χ0v) is 14.9. The molecule has 0 aliphatic carbocycles. The molecule has 9 nitrogen and oxygen atoms in total. The predicted octanol–water partition coefficient (Wildman–Crippen LogP) is 0.838. The minimum atomic E-state index is -0.610. The molecular formula is C16H16FN5O4S. The first kappa shape index (κ1) is 17.7. The van der Waals surface area contributed by atoms with Crippen molar-refractivity contribution in [2.75, 3.05) is 41.8 Å². The molecule has 3 heterocycles. The van der Waals surface area contributed by atoms with Crippen LogP contribution >= 0.6 is 11.8 Å². The van der Waals surface area contributed by atoms with Crippen molar-refractivity contribution in [3.05, 3.63) is 24.0 Å². The van der Waals surface area contributed by atoms with E-state index in [1.54, 1.807) is 22.0 Å². The third-order valence-corrected chi connectivity index (χ3v) is 5.23. The highest BCUT2D eigenvalue weighted by atomic mass is 32.2. The van der Waals surface area contributed by atoms with Crippen LogP contribution in [0, 0.1) is 5.82 Å². The van der Waals surface area contributed by atoms with Crippen LogP contribution in [0.3, 0.4) is 0 Å². The number of aliphatic imine (C=N–C) groups is 1. The number of aliphatic hydroxyl groups excluding tert-OH is 1. The molecule has 1 aromatic carbocycles. The lowest BCUT2D eigenvalue weighted by molar-refractivity contribution is -0.115. The van der Waals surface area contributed by atoms with E-state index in [1.807, 2.05) is 0 Å². The number of amidine groups is 1. The standard InChI is InChI=1S/C16H16FN5O4S/c17-12-5-10(21-6-11(7-23)26-16(21)25)1-2-13(12)20-3-4-22(18-9-20)15-19-14(24)8-27-15/h1-2,5,9,11,23H,3-4,6-8H2/t11-/m1/s1. The molecule has 0 bridgehead atoms. The second kappa shape index (κ2) is 7.16. The van der Waals surface area contributed by atoms with Gasteiger partial charge in [0.25, 0.3) is 5.91 Å². The Bertz CT molecular complexity index is 848. The number of hydrogen-bond donors (Lipinski definition) is 1. The van der Waals surface area contributed by atoms with E-state index in [9.17, 15) is 14.0 Å². The maximum Gasteiger partial charge on any atom is 0.414 e. The lowest BCUT2D eigenvalue weighted by Gasteiger charge is -2.29. The van der Waals surface area contributed by atoms with Crippen molar-refractivity contribution in [1.82, 2.24) is 5.01 Å². The van der Waals surface area contributed by atoms with Gasteiger partial charge in [-0.25, -0.2) is 14.2 Å². The van der Waals surface area contributed by atoms with Gasteiger partial charge in [-0.15, -0.1) is 0 Å². The molecule has 142 valence electrons. The fourth-order valence-corrected chi connectivity index (χ4v) is 3.70. The molecule has 2 amide bonds. The summed E-state index contributed by atoms with van der Waals surface area (Å²) in [5.41, 5.74) is 0.688. The van der Waals surface area contributed by atoms with E-state index in [4.69, 9.17) is 9.84 Å². The van der Waals surface area contributed by atoms with Crippen molar-refractivity contribution in [2.24, 2.45) is 10.1 Å². The average Bonchev–Trinajstić information content (AvgIpc) is 3.27. The van der Waals surface area contributed by atoms with Crippen molar-refractivity contribution in [3.8, 4) is 0 Å². The van der Waals surface area contributed by atoms with E-state index >= 15 is 0 Å². The average molecular weight is 393 g/mol. The number of carbonyl (C=O) groups is 2. The van der Waals surface area contributed by atoms with E-state index < -0.39 is 18.0 Å². The highest BCUT2D eigenvalue weighted by molar-refractivity contribution is 8.14. The largest absolute Gasteiger partial charge is 0.441 e. The lowest BCUT2D eigenvalue weighted by atomic mass is 10.2. The minimum Gasteiger partial charge on any atom is -0.441 e. The Morgan fingerprint density at radius 2 is 2.19 bits per heavy atom. The quantitative estimate of drug-likeness (QED) is 0.813. The maximum atomic E-state index is 14.6. The molecule has 1 saturated heterocycles. The Kier molecular flexibility index (Phi) is 4.70. The highest BCUT2D eigenvalue weighted by Crippen LogP contribution is 2.28. The number of cyclic esters (lactones) is 1. The number of ether oxygens (including phenoxy) is 1. The maximum absolute atomic E-state index is 14.6. The Labute approximate surface area is 158 Å². The summed E-state index contributed by atoms with van der Waals surface area (Å²) in [4.78, 5) is 29.9. The van der Waals surface area contributed by atoms with Crippen molar-refractivity contribution >= 4 is 46.6 Å². The molecule has 3 aliphatic rings. The number of halogens is 1. The van der Waals surface area contributed by atoms with Crippen LogP contribution in [-0.4, -0.2) is 71.7 Å². The van der Waals surface area contributed by atoms with Crippen molar-refractivity contribution in [3.63, 3.8) is 0 Å². The Morgan fingerprint density at radius 1 is 1.33 bits per heavy atom. The Balaban J connectivity index is 1.48. The number of hydrogen-bond acceptors (Lipinski definition) is 8. The number of carbonyl (C=O) groups excluding carboxylic acids is 2. The van der Waals surface area contributed by atoms with Crippen LogP contribution in [0.15, 0.2) is 28.3 Å². The predicted molar refractivity (Wildman–Crippen MR) is 98.5 cm³/mol. The van der Waals surface area contributed by atoms with E-state index in [0.29, 0.717) is 35.4 Å². The topological polar surface area (TPSA) is 98.0 Å². The van der Waals surface area contributed by atoms with Gasteiger partial charge in [0.2, 0.25) is 0 Å². The number of aliphatic hydroxyl groups is 1. The second-order valence-electron chi connectivity index (χ2n) is 6.06. The molecule has 4 rings (SSSR count). The summed E-state index contributed by atoms with van der Waals surface area (Å²) < 4.78 is 19.6. The Morgan fingerprint density at radius 3 is 2.78 bits per heavy atom. The molecule has 0 unspecified atom stereocenters. The van der Waals surface area contributed by atoms with Gasteiger partial charge >= 0.3 is 6.09 Å². The van der Waals surface area contributed by atoms with Gasteiger partial charge in [-0.2, -0.15) is 10.1 Å². The molecule has 3 aliphatic heterocycles. The van der Waals surface area contributed by atoms with Gasteiger partial charge in [-0.05, 0) is 18.2 Å². The van der Waals surface area contributed by atoms with E-state index in [-0.39, 0.29) is 19.1 Å². The lowest BCUT2D eigenvalue weighted by Crippen LogP contribution is -2.40. The van der Waals surface area contributed by atoms with Crippen LogP contribution in [-0.2, 0) is 9.53 Å². The summed E-state index contributed by atoms with van der Waals surface area (Å²) in [6.45, 7) is 0.824. The number of anilines is 2. The number of thioether (sulfide) groups is 1. The monoisotopic (exact) mass is 393 g/mol. The molecule has 1 aromatic rings. The summed E-state index contributed by atoms with van der Waals surface area (Å²) >= 11 is 1.33. The van der Waals surface area contributed by atoms with E-state index in [2.05, 4.69) is 10.1 Å². The first-order valence-electron chi connectivity index (χ1n) is 8.26. The van der Waals surface area contributed by atoms with Gasteiger partial charge in [0.15, 0.2) is 5.17 Å². The first-order valence-corrected chi connectivity index (χ1v) is 9.25. The SMILES string of the molecule is O=C1CSC(N2CCN(c3ccc(N4C[C@H](CO)OC4=O)cc3F)C=N2)=N1. The number of rotatable bonds is 3. The summed E-state index contributed by atoms with van der Waals surface area (Å²) in [5, 5.41) is 15.5. The van der Waals surface area contributed by atoms with Crippen LogP contribution in [0.4, 0.5) is 20.6 Å². The second-order valence-corrected chi connectivity index (χ2v) is 7.00. The molecule has 11 heteroatoms. The molecule has 27 heavy (non-hydrogen) atoms. The van der Waals surface area contributed by atoms with Crippen LogP contribution in [0.5, 0.6) is 0 Å². The zero-order chi connectivity index (χ0) is 19.0. The number of hydrazone groups is 1. The van der Waals surface area contributed by atoms with Crippen LogP contribution in [0.25, 0.3) is 0 Å². The van der Waals surface area contributed by atoms with E-state index in [1.165, 1.54) is 29.1 Å². The fourth-order valence-electron chi connectivity index (χ4n) is 2.92. The summed E-state index contributed by atoms with van der Waals surface area (Å²) in [6.07, 6.45) is 0.267. The van der Waals surface area contributed by atoms with Crippen molar-refractivity contribution in [1.29, 1.82) is 0 Å². The van der Waals surface area contributed by atoms with Gasteiger partial charge in [0.1, 0.15) is 18.3 Å². The molecular weight excluding hydrogens is 377 g/mol. The van der Waals surface area contributed by atoms with Gasteiger partial charge in [0.05, 0.1) is 36.8 Å². The van der Waals surface area contributed by atoms with Crippen LogP contribution < -0.4 is 9.80 Å². The first-order chi connectivity index (χ1) is 13.0. The molecule has 1 N–H and O–H groups in total. The normalized spacial score (nSPS) is 22.5. The number of amides is 2. The van der Waals surface area contributed by atoms with Crippen molar-refractivity contribution < 1.29 is 23.8 Å². The number of nitrogens with zero attached hydrogens (tertiary/aromatic N) is 5. The highest BCUT2D eigenvalue weighted by Gasteiger charge is 2.32. The molecule has 0 aromatic heterocycles. The molecule has 0 saturated carbocycles. The van der Waals surface area contributed by atoms with Gasteiger partial charge < -0.3 is 14.7 Å². The third-order valence-electron chi connectivity index (χ3n) is 4.28. The van der Waals surface area contributed by atoms with Crippen LogP contribution in [0.2, 0.25) is 0 Å². The zero-order valence-electron chi connectivity index (χ0n) is 14.1. The summed E-state index contributed by atoms with van der Waals surface area (Å²) in [6, 6.07) is 4.44. The smallest absolute Gasteiger partial charge is 0.414 e. The molecule has 1 fully saturated rings.